The minimum Gasteiger partial charge on any atom is -0.336 e. The second kappa shape index (κ2) is 9.00. The first-order valence-electron chi connectivity index (χ1n) is 7.94. The highest BCUT2D eigenvalue weighted by Crippen LogP contribution is 2.21. The molecule has 3 N–H and O–H groups in total. The predicted molar refractivity (Wildman–Crippen MR) is 84.1 cm³/mol. The molecule has 122 valence electrons. The van der Waals surface area contributed by atoms with Gasteiger partial charge in [-0.25, -0.2) is 4.79 Å². The molecule has 1 unspecified atom stereocenters. The third-order valence-corrected chi connectivity index (χ3v) is 4.04. The Morgan fingerprint density at radius 2 is 1.81 bits per heavy atom. The molecule has 1 aliphatic rings. The van der Waals surface area contributed by atoms with Gasteiger partial charge < -0.3 is 10.6 Å². The van der Waals surface area contributed by atoms with Gasteiger partial charge in [0, 0.05) is 6.04 Å². The van der Waals surface area contributed by atoms with Crippen molar-refractivity contribution in [2.75, 3.05) is 26.7 Å². The molecule has 1 fully saturated rings. The van der Waals surface area contributed by atoms with Crippen molar-refractivity contribution in [3.63, 3.8) is 0 Å². The van der Waals surface area contributed by atoms with E-state index in [1.165, 1.54) is 6.42 Å². The Morgan fingerprint density at radius 1 is 1.19 bits per heavy atom. The van der Waals surface area contributed by atoms with E-state index in [9.17, 15) is 9.59 Å². The third-order valence-electron chi connectivity index (χ3n) is 4.04. The van der Waals surface area contributed by atoms with Gasteiger partial charge in [0.15, 0.2) is 0 Å². The van der Waals surface area contributed by atoms with Crippen molar-refractivity contribution < 1.29 is 9.59 Å². The summed E-state index contributed by atoms with van der Waals surface area (Å²) in [5.41, 5.74) is 0. The summed E-state index contributed by atoms with van der Waals surface area (Å²) >= 11 is 0. The van der Waals surface area contributed by atoms with Crippen LogP contribution in [0.1, 0.15) is 40.0 Å². The molecule has 0 aliphatic carbocycles. The van der Waals surface area contributed by atoms with Crippen molar-refractivity contribution in [1.82, 2.24) is 20.9 Å². The van der Waals surface area contributed by atoms with Gasteiger partial charge in [0.05, 0.1) is 6.04 Å². The van der Waals surface area contributed by atoms with E-state index in [1.807, 2.05) is 27.8 Å². The van der Waals surface area contributed by atoms with E-state index in [0.29, 0.717) is 0 Å². The molecule has 0 aromatic rings. The lowest BCUT2D eigenvalue weighted by Crippen LogP contribution is -2.52. The maximum atomic E-state index is 12.1. The van der Waals surface area contributed by atoms with Gasteiger partial charge in [-0.05, 0) is 72.6 Å². The number of nitrogens with one attached hydrogen (secondary N) is 3. The molecule has 1 atom stereocenters. The summed E-state index contributed by atoms with van der Waals surface area (Å²) in [5.74, 6) is 0.523. The van der Waals surface area contributed by atoms with Gasteiger partial charge in [-0.3, -0.25) is 15.0 Å². The monoisotopic (exact) mass is 298 g/mol. The van der Waals surface area contributed by atoms with Crippen LogP contribution in [0, 0.1) is 5.92 Å². The van der Waals surface area contributed by atoms with Crippen LogP contribution in [0.4, 0.5) is 4.79 Å². The number of amides is 3. The normalized spacial score (nSPS) is 18.5. The first-order valence-corrected chi connectivity index (χ1v) is 7.94. The quantitative estimate of drug-likeness (QED) is 0.682. The van der Waals surface area contributed by atoms with Crippen molar-refractivity contribution in [3.05, 3.63) is 0 Å². The number of piperidine rings is 1. The Bertz CT molecular complexity index is 339. The van der Waals surface area contributed by atoms with Gasteiger partial charge in [-0.2, -0.15) is 0 Å². The highest BCUT2D eigenvalue weighted by molar-refractivity contribution is 5.96. The first kappa shape index (κ1) is 17.9. The molecule has 1 heterocycles. The molecule has 21 heavy (non-hydrogen) atoms. The van der Waals surface area contributed by atoms with Crippen molar-refractivity contribution in [2.45, 2.75) is 52.1 Å². The first-order chi connectivity index (χ1) is 9.93. The topological polar surface area (TPSA) is 73.5 Å². The number of carbonyl (C=O) groups is 2. The van der Waals surface area contributed by atoms with E-state index in [0.717, 1.165) is 38.4 Å². The van der Waals surface area contributed by atoms with Gasteiger partial charge in [-0.1, -0.05) is 0 Å². The fourth-order valence-corrected chi connectivity index (χ4v) is 2.66. The molecule has 1 aliphatic heterocycles. The van der Waals surface area contributed by atoms with Gasteiger partial charge in [0.2, 0.25) is 5.91 Å². The summed E-state index contributed by atoms with van der Waals surface area (Å²) in [7, 11) is 1.98. The SMILES string of the molecule is CNCCC1CCN(C(C)C(=O)NC(=O)NC(C)C)CC1. The molecule has 0 saturated carbocycles. The van der Waals surface area contributed by atoms with Crippen LogP contribution < -0.4 is 16.0 Å². The largest absolute Gasteiger partial charge is 0.336 e. The number of imide groups is 1. The number of likely N-dealkylation sites (tertiary alicyclic amines) is 1. The van der Waals surface area contributed by atoms with Crippen LogP contribution in [0.25, 0.3) is 0 Å². The van der Waals surface area contributed by atoms with Crippen molar-refractivity contribution in [2.24, 2.45) is 5.92 Å². The van der Waals surface area contributed by atoms with Crippen LogP contribution in [-0.4, -0.2) is 55.6 Å². The number of rotatable bonds is 6. The number of hydrogen-bond acceptors (Lipinski definition) is 4. The highest BCUT2D eigenvalue weighted by atomic mass is 16.2. The summed E-state index contributed by atoms with van der Waals surface area (Å²) in [6.07, 6.45) is 3.44. The molecular weight excluding hydrogens is 268 g/mol. The van der Waals surface area contributed by atoms with E-state index in [1.54, 1.807) is 0 Å². The molecule has 6 heteroatoms. The van der Waals surface area contributed by atoms with Crippen LogP contribution >= 0.6 is 0 Å². The minimum atomic E-state index is -0.411. The molecule has 0 bridgehead atoms. The lowest BCUT2D eigenvalue weighted by Gasteiger charge is -2.35. The average molecular weight is 298 g/mol. The average Bonchev–Trinajstić information content (AvgIpc) is 2.43. The molecule has 0 aromatic heterocycles. The predicted octanol–water partition coefficient (Wildman–Crippen LogP) is 0.931. The fraction of sp³-hybridized carbons (Fsp3) is 0.867. The van der Waals surface area contributed by atoms with E-state index < -0.39 is 6.03 Å². The Labute approximate surface area is 128 Å². The zero-order valence-corrected chi connectivity index (χ0v) is 13.7. The van der Waals surface area contributed by atoms with Gasteiger partial charge in [-0.15, -0.1) is 0 Å². The molecule has 1 rings (SSSR count). The number of hydrogen-bond donors (Lipinski definition) is 3. The zero-order chi connectivity index (χ0) is 15.8. The van der Waals surface area contributed by atoms with E-state index in [4.69, 9.17) is 0 Å². The molecule has 0 aromatic carbocycles. The Hall–Kier alpha value is -1.14. The molecule has 0 radical (unpaired) electrons. The molecular formula is C15H30N4O2. The van der Waals surface area contributed by atoms with Gasteiger partial charge in [0.1, 0.15) is 0 Å². The smallest absolute Gasteiger partial charge is 0.321 e. The molecule has 1 saturated heterocycles. The molecule has 3 amide bonds. The lowest BCUT2D eigenvalue weighted by molar-refractivity contribution is -0.125. The molecule has 0 spiro atoms. The summed E-state index contributed by atoms with van der Waals surface area (Å²) in [5, 5.41) is 8.26. The highest BCUT2D eigenvalue weighted by Gasteiger charge is 2.27. The second-order valence-corrected chi connectivity index (χ2v) is 6.16. The standard InChI is InChI=1S/C15H30N4O2/c1-11(2)17-15(21)18-14(20)12(3)19-9-6-13(7-10-19)5-8-16-4/h11-13,16H,5-10H2,1-4H3,(H2,17,18,20,21). The maximum Gasteiger partial charge on any atom is 0.321 e. The van der Waals surface area contributed by atoms with Crippen molar-refractivity contribution in [3.8, 4) is 0 Å². The van der Waals surface area contributed by atoms with E-state index in [-0.39, 0.29) is 18.0 Å². The Kier molecular flexibility index (Phi) is 7.67. The Balaban J connectivity index is 2.34. The van der Waals surface area contributed by atoms with Crippen LogP contribution in [-0.2, 0) is 4.79 Å². The number of carbonyl (C=O) groups excluding carboxylic acids is 2. The van der Waals surface area contributed by atoms with Crippen LogP contribution in [0.3, 0.4) is 0 Å². The maximum absolute atomic E-state index is 12.1. The van der Waals surface area contributed by atoms with Gasteiger partial charge in [0.25, 0.3) is 0 Å². The van der Waals surface area contributed by atoms with Crippen LogP contribution in [0.5, 0.6) is 0 Å². The zero-order valence-electron chi connectivity index (χ0n) is 13.7. The Morgan fingerprint density at radius 3 is 2.33 bits per heavy atom. The van der Waals surface area contributed by atoms with Crippen molar-refractivity contribution >= 4 is 11.9 Å². The second-order valence-electron chi connectivity index (χ2n) is 6.16. The summed E-state index contributed by atoms with van der Waals surface area (Å²) in [6.45, 7) is 8.50. The van der Waals surface area contributed by atoms with Gasteiger partial charge >= 0.3 is 6.03 Å². The summed E-state index contributed by atoms with van der Waals surface area (Å²) < 4.78 is 0. The number of nitrogens with zero attached hydrogens (tertiary/aromatic N) is 1. The molecule has 6 nitrogen and oxygen atoms in total. The fourth-order valence-electron chi connectivity index (χ4n) is 2.66. The summed E-state index contributed by atoms with van der Waals surface area (Å²) in [4.78, 5) is 25.8. The minimum absolute atomic E-state index is 0.0241. The lowest BCUT2D eigenvalue weighted by atomic mass is 9.93. The van der Waals surface area contributed by atoms with Crippen LogP contribution in [0.15, 0.2) is 0 Å². The third kappa shape index (κ3) is 6.44. The number of urea groups is 1. The van der Waals surface area contributed by atoms with E-state index >= 15 is 0 Å². The van der Waals surface area contributed by atoms with Crippen LogP contribution in [0.2, 0.25) is 0 Å². The van der Waals surface area contributed by atoms with Crippen molar-refractivity contribution in [1.29, 1.82) is 0 Å². The summed E-state index contributed by atoms with van der Waals surface area (Å²) in [6, 6.07) is -0.644. The van der Waals surface area contributed by atoms with E-state index in [2.05, 4.69) is 20.9 Å².